The number of carbonyl (C=O) groups is 2. The van der Waals surface area contributed by atoms with Crippen LogP contribution in [0.15, 0.2) is 48.3 Å². The minimum absolute atomic E-state index is 0.0555. The highest BCUT2D eigenvalue weighted by atomic mass is 35.5. The molecule has 274 valence electrons. The Balaban J connectivity index is 1.53. The lowest BCUT2D eigenvalue weighted by Crippen LogP contribution is -2.52. The second-order valence-electron chi connectivity index (χ2n) is 14.4. The molecule has 5 rings (SSSR count). The van der Waals surface area contributed by atoms with Gasteiger partial charge in [0.15, 0.2) is 5.60 Å². The van der Waals surface area contributed by atoms with E-state index in [1.165, 1.54) is 32.0 Å². The van der Waals surface area contributed by atoms with Crippen molar-refractivity contribution in [2.75, 3.05) is 45.3 Å². The number of carbonyl (C=O) groups excluding carboxylic acids is 1. The first-order chi connectivity index (χ1) is 23.4. The average Bonchev–Trinajstić information content (AvgIpc) is 3.47. The number of aliphatic hydroxyl groups is 1. The summed E-state index contributed by atoms with van der Waals surface area (Å²) in [6.07, 6.45) is 2.29. The van der Waals surface area contributed by atoms with Crippen molar-refractivity contribution in [3.63, 3.8) is 0 Å². The van der Waals surface area contributed by atoms with Crippen LogP contribution in [0.4, 0.5) is 10.1 Å². The number of nitrogens with two attached hydrogens (primary N) is 1. The molecule has 6 atom stereocenters. The normalized spacial score (nSPS) is 24.7. The maximum Gasteiger partial charge on any atom is 0.335 e. The highest BCUT2D eigenvalue weighted by molar-refractivity contribution is 7.89. The number of carboxylic acid groups (broad SMARTS) is 1. The molecule has 3 aliphatic rings. The van der Waals surface area contributed by atoms with Gasteiger partial charge in [0, 0.05) is 50.1 Å². The molecule has 1 fully saturated rings. The second kappa shape index (κ2) is 14.8. The summed E-state index contributed by atoms with van der Waals surface area (Å²) in [6, 6.07) is 10.6. The third kappa shape index (κ3) is 7.81. The number of carboxylic acids is 1. The van der Waals surface area contributed by atoms with Gasteiger partial charge in [0.25, 0.3) is 0 Å². The Morgan fingerprint density at radius 2 is 1.98 bits per heavy atom. The van der Waals surface area contributed by atoms with Gasteiger partial charge in [-0.15, -0.1) is 0 Å². The standard InChI is InChI=1S/C36H47ClFN3O8S/c1-22(23(2)50(39,46)47)7-12-31(38)36(45,18-32(42)40(3)4)33-26(13-15-48-33)19-41-20-35(14-5-6-24-16-27(37)9-10-28(24)35)21-49-30-11-8-25(34(43)44)17-29(30)41/h8-12,16-17,22-23,26,33,45H,5-7,13-15,18-21H2,1-4H3,(H,43,44)(H2,39,46,47)/b31-12-/t22-,23+,26-,33+,35-,36?/m0/s1. The predicted molar refractivity (Wildman–Crippen MR) is 189 cm³/mol. The zero-order chi connectivity index (χ0) is 36.6. The number of halogens is 2. The van der Waals surface area contributed by atoms with E-state index in [2.05, 4.69) is 4.90 Å². The maximum atomic E-state index is 16.4. The summed E-state index contributed by atoms with van der Waals surface area (Å²) in [7, 11) is -0.864. The topological polar surface area (TPSA) is 160 Å². The van der Waals surface area contributed by atoms with Crippen molar-refractivity contribution < 1.29 is 42.1 Å². The predicted octanol–water partition coefficient (Wildman–Crippen LogP) is 4.68. The number of aromatic carboxylic acids is 1. The molecule has 1 saturated heterocycles. The number of ether oxygens (including phenoxy) is 2. The molecule has 1 unspecified atom stereocenters. The van der Waals surface area contributed by atoms with Gasteiger partial charge in [0.1, 0.15) is 11.6 Å². The van der Waals surface area contributed by atoms with Crippen molar-refractivity contribution in [2.45, 2.75) is 74.7 Å². The molecular weight excluding hydrogens is 689 g/mol. The molecule has 14 heteroatoms. The number of hydrogen-bond donors (Lipinski definition) is 3. The number of amides is 1. The number of fused-ring (bicyclic) bond motifs is 3. The summed E-state index contributed by atoms with van der Waals surface area (Å²) in [5, 5.41) is 27.1. The Hall–Kier alpha value is -3.23. The summed E-state index contributed by atoms with van der Waals surface area (Å²) in [5.41, 5.74) is 0.0208. The van der Waals surface area contributed by atoms with Crippen molar-refractivity contribution in [1.82, 2.24) is 4.90 Å². The van der Waals surface area contributed by atoms with Crippen LogP contribution >= 0.6 is 11.6 Å². The van der Waals surface area contributed by atoms with Crippen LogP contribution in [0.3, 0.4) is 0 Å². The van der Waals surface area contributed by atoms with Crippen LogP contribution in [-0.4, -0.2) is 92.8 Å². The molecule has 0 radical (unpaired) electrons. The van der Waals surface area contributed by atoms with E-state index in [1.54, 1.807) is 19.1 Å². The Kier molecular flexibility index (Phi) is 11.2. The van der Waals surface area contributed by atoms with Crippen molar-refractivity contribution >= 4 is 39.2 Å². The van der Waals surface area contributed by atoms with Crippen LogP contribution in [-0.2, 0) is 31.4 Å². The quantitative estimate of drug-likeness (QED) is 0.298. The number of allylic oxidation sites excluding steroid dienone is 1. The fourth-order valence-corrected chi connectivity index (χ4v) is 8.52. The van der Waals surface area contributed by atoms with Gasteiger partial charge in [0.2, 0.25) is 15.9 Å². The van der Waals surface area contributed by atoms with Gasteiger partial charge in [-0.05, 0) is 92.5 Å². The number of primary sulfonamides is 1. The van der Waals surface area contributed by atoms with Crippen LogP contribution in [0.25, 0.3) is 0 Å². The van der Waals surface area contributed by atoms with Gasteiger partial charge in [-0.2, -0.15) is 0 Å². The van der Waals surface area contributed by atoms with E-state index in [9.17, 15) is 28.2 Å². The third-order valence-corrected chi connectivity index (χ3v) is 12.5. The molecule has 1 amide bonds. The number of hydrogen-bond acceptors (Lipinski definition) is 8. The lowest BCUT2D eigenvalue weighted by molar-refractivity contribution is -0.141. The smallest absolute Gasteiger partial charge is 0.335 e. The second-order valence-corrected chi connectivity index (χ2v) is 16.7. The van der Waals surface area contributed by atoms with Gasteiger partial charge in [0.05, 0.1) is 35.6 Å². The highest BCUT2D eigenvalue weighted by Gasteiger charge is 2.51. The first-order valence-electron chi connectivity index (χ1n) is 16.9. The molecule has 4 N–H and O–H groups in total. The third-order valence-electron chi connectivity index (χ3n) is 10.7. The molecule has 2 aromatic rings. The number of rotatable bonds is 11. The molecule has 11 nitrogen and oxygen atoms in total. The Bertz CT molecular complexity index is 1760. The van der Waals surface area contributed by atoms with Crippen molar-refractivity contribution in [3.8, 4) is 5.75 Å². The number of sulfonamides is 1. The van der Waals surface area contributed by atoms with Crippen molar-refractivity contribution in [3.05, 3.63) is 70.0 Å². The summed E-state index contributed by atoms with van der Waals surface area (Å²) >= 11 is 6.38. The zero-order valence-electron chi connectivity index (χ0n) is 28.9. The minimum Gasteiger partial charge on any atom is -0.490 e. The monoisotopic (exact) mass is 735 g/mol. The minimum atomic E-state index is -3.88. The number of benzene rings is 2. The van der Waals surface area contributed by atoms with E-state index >= 15 is 4.39 Å². The molecule has 0 bridgehead atoms. The Morgan fingerprint density at radius 1 is 1.24 bits per heavy atom. The van der Waals surface area contributed by atoms with E-state index in [-0.39, 0.29) is 25.1 Å². The molecule has 0 saturated carbocycles. The molecule has 1 aliphatic carbocycles. The summed E-state index contributed by atoms with van der Waals surface area (Å²) < 4.78 is 52.8. The van der Waals surface area contributed by atoms with E-state index in [0.717, 1.165) is 36.5 Å². The molecule has 2 aliphatic heterocycles. The van der Waals surface area contributed by atoms with Crippen molar-refractivity contribution in [1.29, 1.82) is 0 Å². The number of anilines is 1. The van der Waals surface area contributed by atoms with Crippen LogP contribution in [0, 0.1) is 11.8 Å². The zero-order valence-corrected chi connectivity index (χ0v) is 30.5. The first-order valence-corrected chi connectivity index (χ1v) is 18.9. The molecule has 1 spiro atoms. The van der Waals surface area contributed by atoms with Gasteiger partial charge in [-0.25, -0.2) is 22.7 Å². The first kappa shape index (κ1) is 38.0. The summed E-state index contributed by atoms with van der Waals surface area (Å²) in [4.78, 5) is 28.5. The lowest BCUT2D eigenvalue weighted by atomic mass is 9.70. The maximum absolute atomic E-state index is 16.4. The van der Waals surface area contributed by atoms with E-state index < -0.39 is 68.4 Å². The Labute approximate surface area is 298 Å². The fraction of sp³-hybridized carbons (Fsp3) is 0.556. The molecule has 2 aromatic carbocycles. The van der Waals surface area contributed by atoms with Crippen LogP contribution in [0.2, 0.25) is 5.02 Å². The van der Waals surface area contributed by atoms with E-state index in [4.69, 9.17) is 26.2 Å². The van der Waals surface area contributed by atoms with Crippen LogP contribution in [0.1, 0.15) is 67.4 Å². The van der Waals surface area contributed by atoms with E-state index in [1.807, 2.05) is 18.2 Å². The largest absolute Gasteiger partial charge is 0.490 e. The van der Waals surface area contributed by atoms with Gasteiger partial charge in [-0.1, -0.05) is 24.6 Å². The molecule has 0 aromatic heterocycles. The summed E-state index contributed by atoms with van der Waals surface area (Å²) in [5.74, 6) is -3.18. The fourth-order valence-electron chi connectivity index (χ4n) is 7.57. The van der Waals surface area contributed by atoms with Crippen LogP contribution in [0.5, 0.6) is 5.75 Å². The van der Waals surface area contributed by atoms with Crippen LogP contribution < -0.4 is 14.8 Å². The lowest BCUT2D eigenvalue weighted by Gasteiger charge is -2.42. The van der Waals surface area contributed by atoms with Gasteiger partial charge in [-0.3, -0.25) is 4.79 Å². The summed E-state index contributed by atoms with van der Waals surface area (Å²) in [6.45, 7) is 4.27. The molecule has 2 heterocycles. The van der Waals surface area contributed by atoms with E-state index in [0.29, 0.717) is 36.0 Å². The van der Waals surface area contributed by atoms with Crippen molar-refractivity contribution in [2.24, 2.45) is 17.0 Å². The van der Waals surface area contributed by atoms with Gasteiger partial charge < -0.3 is 29.5 Å². The SMILES string of the molecule is C[C@H]([C@@H](C)C/C=C(\F)C(O)(CC(=O)N(C)C)[C@@H]1OCC[C@H]1CN1C[C@@]2(CCCc3cc(Cl)ccc32)COc2ccc(C(=O)O)cc21)S(N)(=O)=O. The number of nitrogens with zero attached hydrogens (tertiary/aromatic N) is 2. The molecule has 50 heavy (non-hydrogen) atoms. The van der Waals surface area contributed by atoms with Gasteiger partial charge >= 0.3 is 5.97 Å². The number of aryl methyl sites for hydroxylation is 1. The molecular formula is C36H47ClFN3O8S. The Morgan fingerprint density at radius 3 is 2.66 bits per heavy atom. The average molecular weight is 736 g/mol. The highest BCUT2D eigenvalue weighted by Crippen LogP contribution is 2.46.